The molecule has 0 N–H and O–H groups in total. The molecular formula is C22H33O7P. The predicted molar refractivity (Wildman–Crippen MR) is 113 cm³/mol. The molecule has 1 fully saturated rings. The molecule has 1 unspecified atom stereocenters. The fraction of sp³-hybridized carbons (Fsp3) is 0.636. The van der Waals surface area contributed by atoms with E-state index in [1.807, 2.05) is 24.3 Å². The number of Topliss-reactive ketones (excluding diaryl/α,β-unsaturated/α-hetero) is 1. The van der Waals surface area contributed by atoms with Crippen LogP contribution in [0.5, 0.6) is 5.75 Å². The van der Waals surface area contributed by atoms with Gasteiger partial charge in [0.1, 0.15) is 11.5 Å². The number of phosphoric acid groups is 1. The average molecular weight is 440 g/mol. The Kier molecular flexibility index (Phi) is 9.53. The highest BCUT2D eigenvalue weighted by Crippen LogP contribution is 2.49. The average Bonchev–Trinajstić information content (AvgIpc) is 2.67. The number of carbonyl (C=O) groups excluding carboxylic acids is 2. The Hall–Kier alpha value is -1.69. The summed E-state index contributed by atoms with van der Waals surface area (Å²) in [6.45, 7) is 5.58. The van der Waals surface area contributed by atoms with E-state index in [9.17, 15) is 14.2 Å². The third-order valence-corrected chi connectivity index (χ3v) is 6.89. The van der Waals surface area contributed by atoms with E-state index in [1.54, 1.807) is 21.0 Å². The minimum absolute atomic E-state index is 0.0104. The number of phosphoric ester groups is 1. The summed E-state index contributed by atoms with van der Waals surface area (Å²) in [5.74, 6) is 0.488. The van der Waals surface area contributed by atoms with Gasteiger partial charge >= 0.3 is 13.8 Å². The molecule has 0 saturated heterocycles. The van der Waals surface area contributed by atoms with Gasteiger partial charge in [-0.2, -0.15) is 0 Å². The first-order valence-electron chi connectivity index (χ1n) is 10.6. The first kappa shape index (κ1) is 24.6. The summed E-state index contributed by atoms with van der Waals surface area (Å²) in [4.78, 5) is 25.0. The summed E-state index contributed by atoms with van der Waals surface area (Å²) in [6.07, 6.45) is 2.52. The first-order valence-corrected chi connectivity index (χ1v) is 12.0. The number of benzene rings is 1. The van der Waals surface area contributed by atoms with Gasteiger partial charge in [0.2, 0.25) is 0 Å². The smallest absolute Gasteiger partial charge is 0.497 e. The standard InChI is InChI=1S/C22H33O7P/c1-5-27-30(25,28-6-2)29-22(24)11-10-20-18(12-16(3)13-21(20)23)14-17-8-7-9-19(15-17)26-4/h7-9,15-16,18,20H,5-6,10-14H2,1-4H3/t16-,18+,20?/m1/s1. The monoisotopic (exact) mass is 440 g/mol. The third kappa shape index (κ3) is 7.22. The van der Waals surface area contributed by atoms with Gasteiger partial charge in [0.25, 0.3) is 0 Å². The van der Waals surface area contributed by atoms with Crippen LogP contribution in [0.4, 0.5) is 0 Å². The van der Waals surface area contributed by atoms with Gasteiger partial charge in [-0.3, -0.25) is 18.6 Å². The molecule has 0 radical (unpaired) electrons. The lowest BCUT2D eigenvalue weighted by Gasteiger charge is -2.34. The molecule has 0 heterocycles. The van der Waals surface area contributed by atoms with Gasteiger partial charge in [0.15, 0.2) is 0 Å². The van der Waals surface area contributed by atoms with E-state index in [1.165, 1.54) is 0 Å². The molecule has 8 heteroatoms. The van der Waals surface area contributed by atoms with Gasteiger partial charge in [-0.1, -0.05) is 19.1 Å². The van der Waals surface area contributed by atoms with Gasteiger partial charge in [0, 0.05) is 18.8 Å². The van der Waals surface area contributed by atoms with Crippen molar-refractivity contribution in [1.82, 2.24) is 0 Å². The second-order valence-electron chi connectivity index (χ2n) is 7.72. The van der Waals surface area contributed by atoms with Crippen LogP contribution in [0.15, 0.2) is 24.3 Å². The fourth-order valence-electron chi connectivity index (χ4n) is 4.10. The number of hydrogen-bond donors (Lipinski definition) is 0. The largest absolute Gasteiger partial charge is 0.532 e. The second-order valence-corrected chi connectivity index (χ2v) is 9.31. The zero-order chi connectivity index (χ0) is 22.1. The molecule has 7 nitrogen and oxygen atoms in total. The van der Waals surface area contributed by atoms with Crippen molar-refractivity contribution in [1.29, 1.82) is 0 Å². The summed E-state index contributed by atoms with van der Waals surface area (Å²) >= 11 is 0. The summed E-state index contributed by atoms with van der Waals surface area (Å²) in [6, 6.07) is 7.84. The predicted octanol–water partition coefficient (Wildman–Crippen LogP) is 4.97. The second kappa shape index (κ2) is 11.6. The van der Waals surface area contributed by atoms with Crippen LogP contribution in [0, 0.1) is 17.8 Å². The van der Waals surface area contributed by atoms with Crippen molar-refractivity contribution in [3.63, 3.8) is 0 Å². The molecule has 0 amide bonds. The highest BCUT2D eigenvalue weighted by molar-refractivity contribution is 7.49. The van der Waals surface area contributed by atoms with Gasteiger partial charge in [0.05, 0.1) is 20.3 Å². The van der Waals surface area contributed by atoms with Gasteiger partial charge in [-0.15, -0.1) is 0 Å². The van der Waals surface area contributed by atoms with Crippen molar-refractivity contribution >= 4 is 19.6 Å². The lowest BCUT2D eigenvalue weighted by molar-refractivity contribution is -0.137. The van der Waals surface area contributed by atoms with Crippen LogP contribution in [0.1, 0.15) is 52.0 Å². The van der Waals surface area contributed by atoms with E-state index in [-0.39, 0.29) is 37.3 Å². The van der Waals surface area contributed by atoms with Crippen LogP contribution >= 0.6 is 7.82 Å². The molecule has 30 heavy (non-hydrogen) atoms. The number of ether oxygens (including phenoxy) is 1. The van der Waals surface area contributed by atoms with Crippen molar-refractivity contribution in [2.24, 2.45) is 17.8 Å². The molecule has 1 saturated carbocycles. The van der Waals surface area contributed by atoms with Crippen molar-refractivity contribution in [2.45, 2.75) is 52.9 Å². The maximum atomic E-state index is 12.8. The molecule has 1 aromatic carbocycles. The Balaban J connectivity index is 2.03. The molecule has 0 spiro atoms. The lowest BCUT2D eigenvalue weighted by Crippen LogP contribution is -2.34. The lowest BCUT2D eigenvalue weighted by atomic mass is 9.70. The molecule has 0 bridgehead atoms. The highest BCUT2D eigenvalue weighted by atomic mass is 31.2. The summed E-state index contributed by atoms with van der Waals surface area (Å²) in [5, 5.41) is 0. The van der Waals surface area contributed by atoms with Gasteiger partial charge in [-0.25, -0.2) is 4.57 Å². The van der Waals surface area contributed by atoms with Crippen LogP contribution in [0.25, 0.3) is 0 Å². The molecule has 168 valence electrons. The number of hydrogen-bond acceptors (Lipinski definition) is 7. The third-order valence-electron chi connectivity index (χ3n) is 5.32. The van der Waals surface area contributed by atoms with Crippen molar-refractivity contribution in [3.05, 3.63) is 29.8 Å². The molecular weight excluding hydrogens is 407 g/mol. The van der Waals surface area contributed by atoms with E-state index in [4.69, 9.17) is 18.3 Å². The minimum atomic E-state index is -3.90. The number of rotatable bonds is 11. The van der Waals surface area contributed by atoms with Gasteiger partial charge < -0.3 is 9.26 Å². The zero-order valence-corrected chi connectivity index (χ0v) is 19.2. The van der Waals surface area contributed by atoms with E-state index in [0.717, 1.165) is 24.2 Å². The molecule has 1 aliphatic rings. The molecule has 1 aliphatic carbocycles. The van der Waals surface area contributed by atoms with E-state index >= 15 is 0 Å². The molecule has 0 aliphatic heterocycles. The SMILES string of the molecule is CCOP(=O)(OCC)OC(=O)CCC1C(=O)C[C@H](C)C[C@H]1Cc1cccc(OC)c1. The Morgan fingerprint density at radius 3 is 2.53 bits per heavy atom. The molecule has 3 atom stereocenters. The normalized spacial score (nSPS) is 22.0. The van der Waals surface area contributed by atoms with Crippen molar-refractivity contribution < 1.29 is 32.5 Å². The number of ketones is 1. The maximum absolute atomic E-state index is 12.8. The maximum Gasteiger partial charge on any atom is 0.532 e. The van der Waals surface area contributed by atoms with E-state index < -0.39 is 13.8 Å². The van der Waals surface area contributed by atoms with Crippen LogP contribution in [0.3, 0.4) is 0 Å². The van der Waals surface area contributed by atoms with E-state index in [0.29, 0.717) is 18.8 Å². The van der Waals surface area contributed by atoms with Crippen LogP contribution < -0.4 is 4.74 Å². The molecule has 1 aromatic rings. The zero-order valence-electron chi connectivity index (χ0n) is 18.3. The molecule has 0 aromatic heterocycles. The summed E-state index contributed by atoms with van der Waals surface area (Å²) in [7, 11) is -2.27. The highest BCUT2D eigenvalue weighted by Gasteiger charge is 2.36. The Morgan fingerprint density at radius 1 is 1.20 bits per heavy atom. The van der Waals surface area contributed by atoms with Crippen LogP contribution in [0.2, 0.25) is 0 Å². The van der Waals surface area contributed by atoms with Crippen LogP contribution in [-0.2, 0) is 34.1 Å². The van der Waals surface area contributed by atoms with Crippen molar-refractivity contribution in [3.8, 4) is 5.75 Å². The first-order chi connectivity index (χ1) is 14.3. The topological polar surface area (TPSA) is 88.1 Å². The Labute approximate surface area is 179 Å². The number of carbonyl (C=O) groups is 2. The van der Waals surface area contributed by atoms with Gasteiger partial charge in [-0.05, 0) is 62.6 Å². The van der Waals surface area contributed by atoms with Crippen molar-refractivity contribution in [2.75, 3.05) is 20.3 Å². The minimum Gasteiger partial charge on any atom is -0.497 e. The Morgan fingerprint density at radius 2 is 1.90 bits per heavy atom. The summed E-state index contributed by atoms with van der Waals surface area (Å²) in [5.41, 5.74) is 1.10. The van der Waals surface area contributed by atoms with Crippen LogP contribution in [-0.4, -0.2) is 32.1 Å². The summed E-state index contributed by atoms with van der Waals surface area (Å²) < 4.78 is 32.7. The number of methoxy groups -OCH3 is 1. The quantitative estimate of drug-likeness (QED) is 0.449. The molecule has 2 rings (SSSR count). The fourth-order valence-corrected chi connectivity index (χ4v) is 5.25. The Bertz CT molecular complexity index is 754. The van der Waals surface area contributed by atoms with E-state index in [2.05, 4.69) is 6.92 Å².